The summed E-state index contributed by atoms with van der Waals surface area (Å²) < 4.78 is 35.5. The van der Waals surface area contributed by atoms with Crippen molar-refractivity contribution in [1.29, 1.82) is 0 Å². The molecule has 5 rings (SSSR count). The van der Waals surface area contributed by atoms with Gasteiger partial charge in [0.05, 0.1) is 41.1 Å². The normalized spacial score (nSPS) is 21.5. The summed E-state index contributed by atoms with van der Waals surface area (Å²) >= 11 is 6.45. The van der Waals surface area contributed by atoms with Crippen LogP contribution < -0.4 is 11.1 Å². The summed E-state index contributed by atoms with van der Waals surface area (Å²) in [4.78, 5) is 30.8. The molecule has 2 fully saturated rings. The predicted molar refractivity (Wildman–Crippen MR) is 141 cm³/mol. The second kappa shape index (κ2) is 9.98. The number of nitrogens with one attached hydrogen (secondary N) is 1. The molecule has 1 saturated carbocycles. The highest BCUT2D eigenvalue weighted by molar-refractivity contribution is 6.32. The van der Waals surface area contributed by atoms with Crippen LogP contribution in [0.25, 0.3) is 11.0 Å². The van der Waals surface area contributed by atoms with Crippen LogP contribution in [-0.4, -0.2) is 75.3 Å². The first kappa shape index (κ1) is 26.6. The van der Waals surface area contributed by atoms with Crippen molar-refractivity contribution in [3.63, 3.8) is 0 Å². The monoisotopic (exact) mass is 557 g/mol. The van der Waals surface area contributed by atoms with Crippen molar-refractivity contribution in [3.05, 3.63) is 53.0 Å². The molecule has 1 saturated heterocycles. The highest BCUT2D eigenvalue weighted by atomic mass is 35.5. The van der Waals surface area contributed by atoms with Gasteiger partial charge in [-0.05, 0) is 30.6 Å². The van der Waals surface area contributed by atoms with E-state index in [0.29, 0.717) is 42.0 Å². The number of anilines is 1. The summed E-state index contributed by atoms with van der Waals surface area (Å²) in [7, 11) is 3.19. The molecule has 1 aliphatic carbocycles. The van der Waals surface area contributed by atoms with E-state index in [1.807, 2.05) is 0 Å². The first-order valence-electron chi connectivity index (χ1n) is 12.2. The largest absolute Gasteiger partial charge is 0.383 e. The Morgan fingerprint density at radius 2 is 2.13 bits per heavy atom. The van der Waals surface area contributed by atoms with E-state index in [9.17, 15) is 18.4 Å². The van der Waals surface area contributed by atoms with E-state index < -0.39 is 17.9 Å². The molecule has 0 bridgehead atoms. The number of hydrogen-bond donors (Lipinski definition) is 2. The summed E-state index contributed by atoms with van der Waals surface area (Å²) in [6, 6.07) is 1.73. The number of nitrogens with two attached hydrogens (primary N) is 1. The molecule has 2 amide bonds. The minimum atomic E-state index is -2.76. The van der Waals surface area contributed by atoms with Gasteiger partial charge in [-0.25, -0.2) is 18.4 Å². The number of hydrogen-bond acceptors (Lipinski definition) is 6. The van der Waals surface area contributed by atoms with E-state index in [2.05, 4.69) is 33.8 Å². The van der Waals surface area contributed by atoms with Crippen LogP contribution >= 0.6 is 11.6 Å². The SMILES string of the molecule is C=CC(=O)N1C[C@@H](n2nc(C#Cc3cc4ncn([C@@H]5CC5(F)F)c4cc3Cl)c(C(N)=O)c2NC)C[C@@H]1COC. The van der Waals surface area contributed by atoms with Crippen LogP contribution in [-0.2, 0) is 9.53 Å². The zero-order valence-electron chi connectivity index (χ0n) is 21.2. The zero-order chi connectivity index (χ0) is 28.1. The Kier molecular flexibility index (Phi) is 6.82. The fourth-order valence-electron chi connectivity index (χ4n) is 5.09. The van der Waals surface area contributed by atoms with E-state index in [0.717, 1.165) is 0 Å². The maximum Gasteiger partial charge on any atom is 0.270 e. The van der Waals surface area contributed by atoms with Gasteiger partial charge in [0.15, 0.2) is 5.69 Å². The molecule has 0 unspecified atom stereocenters. The van der Waals surface area contributed by atoms with Crippen molar-refractivity contribution in [3.8, 4) is 11.8 Å². The Balaban J connectivity index is 1.51. The number of carbonyl (C=O) groups excluding carboxylic acids is 2. The molecule has 2 aliphatic rings. The van der Waals surface area contributed by atoms with Crippen molar-refractivity contribution in [2.45, 2.75) is 36.9 Å². The molecule has 13 heteroatoms. The van der Waals surface area contributed by atoms with Crippen LogP contribution in [0.1, 0.15) is 46.5 Å². The smallest absolute Gasteiger partial charge is 0.270 e. The molecule has 0 spiro atoms. The average Bonchev–Trinajstić information content (AvgIpc) is 3.28. The number of halogens is 3. The Morgan fingerprint density at radius 1 is 1.38 bits per heavy atom. The second-order valence-corrected chi connectivity index (χ2v) is 9.94. The van der Waals surface area contributed by atoms with E-state index in [1.54, 1.807) is 35.9 Å². The highest BCUT2D eigenvalue weighted by Gasteiger charge is 2.58. The number of fused-ring (bicyclic) bond motifs is 1. The Hall–Kier alpha value is -3.95. The Morgan fingerprint density at radius 3 is 2.74 bits per heavy atom. The van der Waals surface area contributed by atoms with Crippen molar-refractivity contribution in [2.24, 2.45) is 5.73 Å². The lowest BCUT2D eigenvalue weighted by Crippen LogP contribution is -2.37. The lowest BCUT2D eigenvalue weighted by Gasteiger charge is -2.22. The van der Waals surface area contributed by atoms with Gasteiger partial charge in [-0.15, -0.1) is 0 Å². The third-order valence-corrected chi connectivity index (χ3v) is 7.37. The minimum absolute atomic E-state index is 0.0965. The number of rotatable bonds is 7. The number of alkyl halides is 2. The summed E-state index contributed by atoms with van der Waals surface area (Å²) in [6.45, 7) is 4.23. The fraction of sp³-hybridized carbons (Fsp3) is 0.385. The third kappa shape index (κ3) is 4.72. The lowest BCUT2D eigenvalue weighted by molar-refractivity contribution is -0.127. The van der Waals surface area contributed by atoms with Gasteiger partial charge < -0.3 is 25.3 Å². The van der Waals surface area contributed by atoms with Crippen LogP contribution in [0.3, 0.4) is 0 Å². The number of benzene rings is 1. The van der Waals surface area contributed by atoms with Crippen LogP contribution in [0.15, 0.2) is 31.1 Å². The van der Waals surface area contributed by atoms with Gasteiger partial charge in [-0.2, -0.15) is 5.10 Å². The summed E-state index contributed by atoms with van der Waals surface area (Å²) in [5.41, 5.74) is 7.27. The first-order chi connectivity index (χ1) is 18.6. The number of aromatic nitrogens is 4. The molecular formula is C26H26ClF2N7O3. The molecule has 1 aliphatic heterocycles. The summed E-state index contributed by atoms with van der Waals surface area (Å²) in [6.07, 6.45) is 2.91. The second-order valence-electron chi connectivity index (χ2n) is 9.53. The standard InChI is InChI=1S/C26H26ClF2N7O3/c1-4-22(37)34-11-15(8-16(34)12-39-3)36-25(31-2)23(24(30)38)18(33-36)6-5-14-7-19-20(9-17(14)27)35(13-32-19)21-10-26(21,28)29/h4,7,9,13,15-16,21,31H,1,8,10-12H2,2-3H3,(H2,30,38)/t15-,16+,21+/m0/s1. The molecule has 1 aromatic carbocycles. The number of carbonyl (C=O) groups is 2. The molecule has 3 atom stereocenters. The van der Waals surface area contributed by atoms with Crippen LogP contribution in [0.2, 0.25) is 5.02 Å². The maximum absolute atomic E-state index is 13.6. The lowest BCUT2D eigenvalue weighted by atomic mass is 10.1. The molecule has 10 nitrogen and oxygen atoms in total. The van der Waals surface area contributed by atoms with Crippen molar-refractivity contribution >= 4 is 40.3 Å². The number of imidazole rings is 1. The van der Waals surface area contributed by atoms with Crippen molar-refractivity contribution < 1.29 is 23.1 Å². The topological polar surface area (TPSA) is 120 Å². The number of likely N-dealkylation sites (tertiary alicyclic amines) is 1. The molecule has 0 radical (unpaired) electrons. The van der Waals surface area contributed by atoms with Crippen LogP contribution in [0, 0.1) is 11.8 Å². The molecule has 3 N–H and O–H groups in total. The minimum Gasteiger partial charge on any atom is -0.383 e. The van der Waals surface area contributed by atoms with E-state index in [-0.39, 0.29) is 40.7 Å². The molecular weight excluding hydrogens is 532 g/mol. The van der Waals surface area contributed by atoms with Gasteiger partial charge in [0, 0.05) is 32.7 Å². The number of nitrogens with zero attached hydrogens (tertiary/aromatic N) is 5. The van der Waals surface area contributed by atoms with Gasteiger partial charge in [-0.1, -0.05) is 24.1 Å². The van der Waals surface area contributed by atoms with E-state index in [1.165, 1.54) is 17.0 Å². The summed E-state index contributed by atoms with van der Waals surface area (Å²) in [5, 5.41) is 7.81. The number of methoxy groups -OCH3 is 1. The van der Waals surface area contributed by atoms with E-state index >= 15 is 0 Å². The van der Waals surface area contributed by atoms with Gasteiger partial charge in [0.2, 0.25) is 5.91 Å². The molecule has 3 aromatic rings. The Bertz CT molecular complexity index is 1550. The van der Waals surface area contributed by atoms with Gasteiger partial charge >= 0.3 is 0 Å². The van der Waals surface area contributed by atoms with E-state index in [4.69, 9.17) is 22.1 Å². The fourth-order valence-corrected chi connectivity index (χ4v) is 5.29. The molecule has 39 heavy (non-hydrogen) atoms. The van der Waals surface area contributed by atoms with Crippen LogP contribution in [0.5, 0.6) is 0 Å². The third-order valence-electron chi connectivity index (χ3n) is 7.06. The predicted octanol–water partition coefficient (Wildman–Crippen LogP) is 2.98. The summed E-state index contributed by atoms with van der Waals surface area (Å²) in [5.74, 6) is 2.46. The average molecular weight is 558 g/mol. The van der Waals surface area contributed by atoms with Crippen molar-refractivity contribution in [1.82, 2.24) is 24.2 Å². The maximum atomic E-state index is 13.6. The zero-order valence-corrected chi connectivity index (χ0v) is 22.0. The highest BCUT2D eigenvalue weighted by Crippen LogP contribution is 2.53. The first-order valence-corrected chi connectivity index (χ1v) is 12.5. The number of primary amides is 1. The van der Waals surface area contributed by atoms with Crippen LogP contribution in [0.4, 0.5) is 14.6 Å². The Labute approximate surface area is 227 Å². The quantitative estimate of drug-likeness (QED) is 0.340. The molecule has 204 valence electrons. The molecule has 3 heterocycles. The number of amides is 2. The van der Waals surface area contributed by atoms with Gasteiger partial charge in [0.1, 0.15) is 17.4 Å². The molecule has 2 aromatic heterocycles. The van der Waals surface area contributed by atoms with Gasteiger partial charge in [0.25, 0.3) is 11.8 Å². The van der Waals surface area contributed by atoms with Crippen molar-refractivity contribution in [2.75, 3.05) is 32.6 Å². The number of ether oxygens (including phenoxy) is 1. The van der Waals surface area contributed by atoms with Gasteiger partial charge in [-0.3, -0.25) is 9.59 Å².